The summed E-state index contributed by atoms with van der Waals surface area (Å²) in [6, 6.07) is 3.86. The minimum atomic E-state index is 0. The van der Waals surface area contributed by atoms with E-state index < -0.39 is 0 Å². The van der Waals surface area contributed by atoms with Gasteiger partial charge in [0.2, 0.25) is 0 Å². The van der Waals surface area contributed by atoms with Crippen LogP contribution in [0, 0.1) is 6.92 Å². The van der Waals surface area contributed by atoms with E-state index in [0.717, 1.165) is 24.3 Å². The van der Waals surface area contributed by atoms with Gasteiger partial charge < -0.3 is 5.32 Å². The van der Waals surface area contributed by atoms with Crippen molar-refractivity contribution in [3.63, 3.8) is 0 Å². The first kappa shape index (κ1) is 14.4. The summed E-state index contributed by atoms with van der Waals surface area (Å²) in [7, 11) is 0. The van der Waals surface area contributed by atoms with E-state index in [1.165, 1.54) is 4.88 Å². The van der Waals surface area contributed by atoms with E-state index >= 15 is 0 Å². The molecule has 0 aliphatic heterocycles. The van der Waals surface area contributed by atoms with E-state index in [1.807, 2.05) is 24.6 Å². The first-order chi connectivity index (χ1) is 7.77. The van der Waals surface area contributed by atoms with E-state index in [2.05, 4.69) is 15.3 Å². The fraction of sp³-hybridized carbons (Fsp3) is 0.273. The largest absolute Gasteiger partial charge is 0.308 e. The lowest BCUT2D eigenvalue weighted by Gasteiger charge is -2.04. The Balaban J connectivity index is 0.00000144. The SMILES string of the molecule is Cc1ncsc1CNCc1cccnc1Cl.Cl. The second kappa shape index (κ2) is 6.91. The third kappa shape index (κ3) is 3.92. The highest BCUT2D eigenvalue weighted by Crippen LogP contribution is 2.13. The number of thiazole rings is 1. The molecular formula is C11H13Cl2N3S. The van der Waals surface area contributed by atoms with Crippen molar-refractivity contribution in [2.45, 2.75) is 20.0 Å². The van der Waals surface area contributed by atoms with Crippen LogP contribution in [0.1, 0.15) is 16.1 Å². The van der Waals surface area contributed by atoms with Crippen LogP contribution in [0.4, 0.5) is 0 Å². The van der Waals surface area contributed by atoms with Crippen molar-refractivity contribution in [2.75, 3.05) is 0 Å². The Labute approximate surface area is 116 Å². The maximum Gasteiger partial charge on any atom is 0.133 e. The molecule has 2 aromatic heterocycles. The normalized spacial score (nSPS) is 10.0. The maximum absolute atomic E-state index is 5.96. The molecule has 1 N–H and O–H groups in total. The molecule has 17 heavy (non-hydrogen) atoms. The Hall–Kier alpha value is -0.680. The second-order valence-corrected chi connectivity index (χ2v) is 4.72. The van der Waals surface area contributed by atoms with Crippen LogP contribution in [0.3, 0.4) is 0 Å². The van der Waals surface area contributed by atoms with Crippen molar-refractivity contribution < 1.29 is 0 Å². The fourth-order valence-electron chi connectivity index (χ4n) is 1.36. The van der Waals surface area contributed by atoms with E-state index in [4.69, 9.17) is 11.6 Å². The van der Waals surface area contributed by atoms with Crippen LogP contribution in [0.15, 0.2) is 23.8 Å². The van der Waals surface area contributed by atoms with Crippen molar-refractivity contribution in [1.29, 1.82) is 0 Å². The summed E-state index contributed by atoms with van der Waals surface area (Å²) in [4.78, 5) is 9.49. The van der Waals surface area contributed by atoms with Gasteiger partial charge in [-0.05, 0) is 13.0 Å². The van der Waals surface area contributed by atoms with Gasteiger partial charge in [-0.1, -0.05) is 17.7 Å². The molecule has 3 nitrogen and oxygen atoms in total. The molecule has 0 saturated carbocycles. The average Bonchev–Trinajstić information content (AvgIpc) is 2.67. The van der Waals surface area contributed by atoms with Crippen LogP contribution >= 0.6 is 35.3 Å². The minimum absolute atomic E-state index is 0. The lowest BCUT2D eigenvalue weighted by molar-refractivity contribution is 0.695. The number of hydrogen-bond donors (Lipinski definition) is 1. The number of hydrogen-bond acceptors (Lipinski definition) is 4. The van der Waals surface area contributed by atoms with E-state index in [0.29, 0.717) is 5.15 Å². The number of aromatic nitrogens is 2. The van der Waals surface area contributed by atoms with E-state index in [-0.39, 0.29) is 12.4 Å². The van der Waals surface area contributed by atoms with Crippen LogP contribution < -0.4 is 5.32 Å². The first-order valence-electron chi connectivity index (χ1n) is 4.96. The van der Waals surface area contributed by atoms with Crippen molar-refractivity contribution in [2.24, 2.45) is 0 Å². The summed E-state index contributed by atoms with van der Waals surface area (Å²) in [5.74, 6) is 0. The topological polar surface area (TPSA) is 37.8 Å². The summed E-state index contributed by atoms with van der Waals surface area (Å²) >= 11 is 7.62. The van der Waals surface area contributed by atoms with Crippen molar-refractivity contribution in [3.8, 4) is 0 Å². The zero-order chi connectivity index (χ0) is 11.4. The van der Waals surface area contributed by atoms with Gasteiger partial charge in [-0.2, -0.15) is 0 Å². The molecule has 0 aromatic carbocycles. The van der Waals surface area contributed by atoms with Crippen LogP contribution in [-0.4, -0.2) is 9.97 Å². The maximum atomic E-state index is 5.96. The van der Waals surface area contributed by atoms with Crippen LogP contribution in [0.2, 0.25) is 5.15 Å². The van der Waals surface area contributed by atoms with Gasteiger partial charge in [0, 0.05) is 29.7 Å². The van der Waals surface area contributed by atoms with E-state index in [1.54, 1.807) is 17.5 Å². The van der Waals surface area contributed by atoms with Gasteiger partial charge in [0.15, 0.2) is 0 Å². The number of rotatable bonds is 4. The highest BCUT2D eigenvalue weighted by molar-refractivity contribution is 7.09. The van der Waals surface area contributed by atoms with Crippen LogP contribution in [0.25, 0.3) is 0 Å². The van der Waals surface area contributed by atoms with Crippen molar-refractivity contribution >= 4 is 35.3 Å². The molecule has 0 atom stereocenters. The molecule has 2 aromatic rings. The highest BCUT2D eigenvalue weighted by Gasteiger charge is 2.02. The van der Waals surface area contributed by atoms with Crippen LogP contribution in [0.5, 0.6) is 0 Å². The van der Waals surface area contributed by atoms with Gasteiger partial charge in [0.05, 0.1) is 11.2 Å². The third-order valence-electron chi connectivity index (χ3n) is 2.28. The van der Waals surface area contributed by atoms with Gasteiger partial charge in [0.1, 0.15) is 5.15 Å². The van der Waals surface area contributed by atoms with Gasteiger partial charge in [0.25, 0.3) is 0 Å². The van der Waals surface area contributed by atoms with Gasteiger partial charge in [-0.15, -0.1) is 23.7 Å². The van der Waals surface area contributed by atoms with Crippen molar-refractivity contribution in [1.82, 2.24) is 15.3 Å². The predicted octanol–water partition coefficient (Wildman–Crippen LogP) is 3.21. The minimum Gasteiger partial charge on any atom is -0.308 e. The Kier molecular flexibility index (Phi) is 5.85. The average molecular weight is 290 g/mol. The molecule has 0 amide bonds. The zero-order valence-electron chi connectivity index (χ0n) is 9.31. The molecule has 0 radical (unpaired) electrons. The predicted molar refractivity (Wildman–Crippen MR) is 73.9 cm³/mol. The van der Waals surface area contributed by atoms with Crippen LogP contribution in [-0.2, 0) is 13.1 Å². The number of pyridine rings is 1. The van der Waals surface area contributed by atoms with Gasteiger partial charge in [-0.25, -0.2) is 9.97 Å². The molecule has 0 aliphatic carbocycles. The summed E-state index contributed by atoms with van der Waals surface area (Å²) in [6.45, 7) is 3.57. The molecule has 6 heteroatoms. The summed E-state index contributed by atoms with van der Waals surface area (Å²) in [5.41, 5.74) is 3.98. The molecule has 0 spiro atoms. The molecule has 0 aliphatic rings. The van der Waals surface area contributed by atoms with Crippen molar-refractivity contribution in [3.05, 3.63) is 45.1 Å². The number of halogens is 2. The Morgan fingerprint density at radius 1 is 1.35 bits per heavy atom. The lowest BCUT2D eigenvalue weighted by Crippen LogP contribution is -2.13. The third-order valence-corrected chi connectivity index (χ3v) is 3.56. The summed E-state index contributed by atoms with van der Waals surface area (Å²) in [6.07, 6.45) is 1.69. The summed E-state index contributed by atoms with van der Waals surface area (Å²) < 4.78 is 0. The van der Waals surface area contributed by atoms with Gasteiger partial charge >= 0.3 is 0 Å². The Morgan fingerprint density at radius 2 is 2.18 bits per heavy atom. The molecule has 2 heterocycles. The molecule has 0 bridgehead atoms. The molecule has 0 unspecified atom stereocenters. The zero-order valence-corrected chi connectivity index (χ0v) is 11.7. The molecule has 0 fully saturated rings. The lowest BCUT2D eigenvalue weighted by atomic mass is 10.3. The molecule has 0 saturated heterocycles. The molecule has 92 valence electrons. The number of nitrogens with one attached hydrogen (secondary N) is 1. The Bertz CT molecular complexity index is 473. The monoisotopic (exact) mass is 289 g/mol. The smallest absolute Gasteiger partial charge is 0.133 e. The second-order valence-electron chi connectivity index (χ2n) is 3.42. The number of aryl methyl sites for hydroxylation is 1. The first-order valence-corrected chi connectivity index (χ1v) is 6.22. The standard InChI is InChI=1S/C11H12ClN3S.ClH/c1-8-10(16-7-15-8)6-13-5-9-3-2-4-14-11(9)12;/h2-4,7,13H,5-6H2,1H3;1H. The molecule has 2 rings (SSSR count). The van der Waals surface area contributed by atoms with Gasteiger partial charge in [-0.3, -0.25) is 0 Å². The highest BCUT2D eigenvalue weighted by atomic mass is 35.5. The molecular weight excluding hydrogens is 277 g/mol. The summed E-state index contributed by atoms with van der Waals surface area (Å²) in [5, 5.41) is 3.90. The van der Waals surface area contributed by atoms with E-state index in [9.17, 15) is 0 Å². The fourth-order valence-corrected chi connectivity index (χ4v) is 2.29. The Morgan fingerprint density at radius 3 is 2.82 bits per heavy atom. The quantitative estimate of drug-likeness (QED) is 0.879. The number of nitrogens with zero attached hydrogens (tertiary/aromatic N) is 2.